The number of amides is 1. The average molecular weight is 399 g/mol. The number of benzene rings is 1. The van der Waals surface area contributed by atoms with Gasteiger partial charge in [-0.15, -0.1) is 12.4 Å². The third-order valence-corrected chi connectivity index (χ3v) is 4.59. The standard InChI is InChI=1S/C19H23ClN2O3.ClH/c1-4-21-19(23)13-5-6-17(15(20)10-13)25-16-7-8-22(3)11-18-14(16)9-12(2)24-18;/h5-6,9-10,16H,4,7-8,11H2,1-3H3,(H,21,23);1H. The topological polar surface area (TPSA) is 54.7 Å². The van der Waals surface area contributed by atoms with Crippen LogP contribution >= 0.6 is 24.0 Å². The zero-order valence-corrected chi connectivity index (χ0v) is 16.7. The molecule has 1 N–H and O–H groups in total. The molecule has 1 atom stereocenters. The molecule has 0 radical (unpaired) electrons. The van der Waals surface area contributed by atoms with Crippen molar-refractivity contribution in [3.05, 3.63) is 51.9 Å². The number of carbonyl (C=O) groups is 1. The molecule has 0 bridgehead atoms. The number of nitrogens with one attached hydrogen (secondary N) is 1. The van der Waals surface area contributed by atoms with E-state index < -0.39 is 0 Å². The van der Waals surface area contributed by atoms with Crippen LogP contribution in [0, 0.1) is 6.92 Å². The molecule has 2 aromatic rings. The maximum atomic E-state index is 11.9. The monoisotopic (exact) mass is 398 g/mol. The van der Waals surface area contributed by atoms with Gasteiger partial charge in [-0.1, -0.05) is 11.6 Å². The molecular weight excluding hydrogens is 375 g/mol. The van der Waals surface area contributed by atoms with Crippen LogP contribution in [0.1, 0.15) is 46.9 Å². The van der Waals surface area contributed by atoms with Crippen molar-refractivity contribution in [1.82, 2.24) is 10.2 Å². The smallest absolute Gasteiger partial charge is 0.251 e. The van der Waals surface area contributed by atoms with Gasteiger partial charge < -0.3 is 14.5 Å². The molecule has 1 aromatic heterocycles. The van der Waals surface area contributed by atoms with Crippen LogP contribution in [0.2, 0.25) is 5.02 Å². The molecule has 1 aromatic carbocycles. The van der Waals surface area contributed by atoms with Crippen LogP contribution in [0.25, 0.3) is 0 Å². The van der Waals surface area contributed by atoms with Gasteiger partial charge in [0.2, 0.25) is 0 Å². The first kappa shape index (κ1) is 20.6. The molecule has 0 fully saturated rings. The minimum atomic E-state index is -0.139. The SMILES string of the molecule is CCNC(=O)c1ccc(OC2CCN(C)Cc3oc(C)cc32)c(Cl)c1.Cl. The Morgan fingerprint density at radius 1 is 1.42 bits per heavy atom. The normalized spacial score (nSPS) is 17.0. The summed E-state index contributed by atoms with van der Waals surface area (Å²) in [6.07, 6.45) is 0.724. The number of fused-ring (bicyclic) bond motifs is 1. The Bertz CT molecular complexity index is 776. The molecular formula is C19H24Cl2N2O3. The average Bonchev–Trinajstić information content (AvgIpc) is 2.86. The van der Waals surface area contributed by atoms with Crippen molar-refractivity contribution in [3.63, 3.8) is 0 Å². The fraction of sp³-hybridized carbons (Fsp3) is 0.421. The first-order chi connectivity index (χ1) is 12.0. The molecule has 26 heavy (non-hydrogen) atoms. The van der Waals surface area contributed by atoms with E-state index in [1.807, 2.05) is 19.9 Å². The lowest BCUT2D eigenvalue weighted by atomic mass is 10.1. The Morgan fingerprint density at radius 3 is 2.88 bits per heavy atom. The van der Waals surface area contributed by atoms with E-state index in [2.05, 4.69) is 17.3 Å². The fourth-order valence-corrected chi connectivity index (χ4v) is 3.30. The van der Waals surface area contributed by atoms with E-state index in [4.69, 9.17) is 20.8 Å². The maximum Gasteiger partial charge on any atom is 0.251 e. The molecule has 7 heteroatoms. The number of nitrogens with zero attached hydrogens (tertiary/aromatic N) is 1. The van der Waals surface area contributed by atoms with Crippen LogP contribution in [0.3, 0.4) is 0 Å². The number of ether oxygens (including phenoxy) is 1. The largest absolute Gasteiger partial charge is 0.484 e. The summed E-state index contributed by atoms with van der Waals surface area (Å²) in [4.78, 5) is 14.1. The number of halogens is 2. The Balaban J connectivity index is 0.00000243. The Hall–Kier alpha value is -1.69. The predicted molar refractivity (Wildman–Crippen MR) is 104 cm³/mol. The molecule has 0 saturated heterocycles. The Kier molecular flexibility index (Phi) is 6.98. The summed E-state index contributed by atoms with van der Waals surface area (Å²) in [6.45, 7) is 6.08. The molecule has 1 aliphatic heterocycles. The van der Waals surface area contributed by atoms with Crippen LogP contribution in [-0.2, 0) is 6.54 Å². The molecule has 0 spiro atoms. The predicted octanol–water partition coefficient (Wildman–Crippen LogP) is 4.37. The molecule has 0 aliphatic carbocycles. The van der Waals surface area contributed by atoms with Crippen molar-refractivity contribution < 1.29 is 13.9 Å². The van der Waals surface area contributed by atoms with Gasteiger partial charge in [-0.05, 0) is 45.2 Å². The van der Waals surface area contributed by atoms with Gasteiger partial charge in [0.25, 0.3) is 5.91 Å². The van der Waals surface area contributed by atoms with Crippen molar-refractivity contribution >= 4 is 29.9 Å². The molecule has 142 valence electrons. The summed E-state index contributed by atoms with van der Waals surface area (Å²) in [5, 5.41) is 3.20. The number of rotatable bonds is 4. The number of carbonyl (C=O) groups excluding carboxylic acids is 1. The fourth-order valence-electron chi connectivity index (χ4n) is 3.07. The van der Waals surface area contributed by atoms with Crippen LogP contribution < -0.4 is 10.1 Å². The molecule has 1 aliphatic rings. The number of hydrogen-bond acceptors (Lipinski definition) is 4. The van der Waals surface area contributed by atoms with Crippen molar-refractivity contribution in [1.29, 1.82) is 0 Å². The van der Waals surface area contributed by atoms with Crippen molar-refractivity contribution in [2.45, 2.75) is 32.9 Å². The van der Waals surface area contributed by atoms with E-state index in [9.17, 15) is 4.79 Å². The van der Waals surface area contributed by atoms with Crippen LogP contribution in [0.4, 0.5) is 0 Å². The van der Waals surface area contributed by atoms with Crippen LogP contribution in [-0.4, -0.2) is 30.9 Å². The highest BCUT2D eigenvalue weighted by atomic mass is 35.5. The van der Waals surface area contributed by atoms with Crippen molar-refractivity contribution in [2.75, 3.05) is 20.1 Å². The highest BCUT2D eigenvalue weighted by Crippen LogP contribution is 2.35. The molecule has 1 unspecified atom stereocenters. The second-order valence-electron chi connectivity index (χ2n) is 6.37. The number of hydrogen-bond donors (Lipinski definition) is 1. The minimum Gasteiger partial charge on any atom is -0.484 e. The molecule has 2 heterocycles. The number of aryl methyl sites for hydroxylation is 1. The van der Waals surface area contributed by atoms with Gasteiger partial charge in [0.1, 0.15) is 23.4 Å². The van der Waals surface area contributed by atoms with Crippen LogP contribution in [0.15, 0.2) is 28.7 Å². The Labute approximate surface area is 165 Å². The maximum absolute atomic E-state index is 11.9. The van der Waals surface area contributed by atoms with E-state index >= 15 is 0 Å². The lowest BCUT2D eigenvalue weighted by Gasteiger charge is -2.19. The van der Waals surface area contributed by atoms with Gasteiger partial charge in [-0.25, -0.2) is 0 Å². The van der Waals surface area contributed by atoms with E-state index in [1.54, 1.807) is 18.2 Å². The quantitative estimate of drug-likeness (QED) is 0.830. The summed E-state index contributed by atoms with van der Waals surface area (Å²) < 4.78 is 12.0. The molecule has 1 amide bonds. The summed E-state index contributed by atoms with van der Waals surface area (Å²) >= 11 is 6.36. The highest BCUT2D eigenvalue weighted by molar-refractivity contribution is 6.32. The van der Waals surface area contributed by atoms with E-state index in [0.29, 0.717) is 22.9 Å². The Morgan fingerprint density at radius 2 is 2.19 bits per heavy atom. The van der Waals surface area contributed by atoms with Gasteiger partial charge in [0.15, 0.2) is 0 Å². The number of furan rings is 1. The van der Waals surface area contributed by atoms with Gasteiger partial charge in [-0.3, -0.25) is 9.69 Å². The zero-order chi connectivity index (χ0) is 18.0. The summed E-state index contributed by atoms with van der Waals surface area (Å²) in [5.74, 6) is 2.26. The van der Waals surface area contributed by atoms with E-state index in [1.165, 1.54) is 0 Å². The third kappa shape index (κ3) is 4.53. The third-order valence-electron chi connectivity index (χ3n) is 4.30. The van der Waals surface area contributed by atoms with E-state index in [0.717, 1.165) is 36.6 Å². The summed E-state index contributed by atoms with van der Waals surface area (Å²) in [7, 11) is 2.07. The van der Waals surface area contributed by atoms with Crippen LogP contribution in [0.5, 0.6) is 5.75 Å². The summed E-state index contributed by atoms with van der Waals surface area (Å²) in [6, 6.07) is 7.17. The molecule has 5 nitrogen and oxygen atoms in total. The zero-order valence-electron chi connectivity index (χ0n) is 15.2. The lowest BCUT2D eigenvalue weighted by Crippen LogP contribution is -2.22. The van der Waals surface area contributed by atoms with Gasteiger partial charge in [0.05, 0.1) is 11.6 Å². The van der Waals surface area contributed by atoms with Gasteiger partial charge in [0, 0.05) is 30.6 Å². The van der Waals surface area contributed by atoms with E-state index in [-0.39, 0.29) is 24.4 Å². The molecule has 3 rings (SSSR count). The lowest BCUT2D eigenvalue weighted by molar-refractivity contribution is 0.0955. The second kappa shape index (κ2) is 8.80. The molecule has 0 saturated carbocycles. The highest BCUT2D eigenvalue weighted by Gasteiger charge is 2.26. The van der Waals surface area contributed by atoms with Crippen molar-refractivity contribution in [3.8, 4) is 5.75 Å². The second-order valence-corrected chi connectivity index (χ2v) is 6.78. The van der Waals surface area contributed by atoms with Crippen molar-refractivity contribution in [2.24, 2.45) is 0 Å². The minimum absolute atomic E-state index is 0. The first-order valence-corrected chi connectivity index (χ1v) is 8.88. The summed E-state index contributed by atoms with van der Waals surface area (Å²) in [5.41, 5.74) is 1.60. The van der Waals surface area contributed by atoms with Gasteiger partial charge in [-0.2, -0.15) is 0 Å². The first-order valence-electron chi connectivity index (χ1n) is 8.50. The van der Waals surface area contributed by atoms with Gasteiger partial charge >= 0.3 is 0 Å².